The second-order valence-electron chi connectivity index (χ2n) is 6.53. The molecule has 0 radical (unpaired) electrons. The van der Waals surface area contributed by atoms with E-state index in [-0.39, 0.29) is 0 Å². The van der Waals surface area contributed by atoms with Crippen molar-refractivity contribution in [2.24, 2.45) is 0 Å². The Hall–Kier alpha value is -3.40. The van der Waals surface area contributed by atoms with Gasteiger partial charge in [-0.05, 0) is 61.4 Å². The van der Waals surface area contributed by atoms with Gasteiger partial charge in [-0.3, -0.25) is 0 Å². The maximum Gasteiger partial charge on any atom is 0.228 e. The predicted octanol–water partition coefficient (Wildman–Crippen LogP) is 5.92. The first kappa shape index (κ1) is 14.9. The van der Waals surface area contributed by atoms with Crippen LogP contribution >= 0.6 is 0 Å². The highest BCUT2D eigenvalue weighted by molar-refractivity contribution is 5.84. The molecule has 0 spiro atoms. The topological polar surface area (TPSA) is 52.1 Å². The van der Waals surface area contributed by atoms with Gasteiger partial charge in [-0.1, -0.05) is 24.3 Å². The van der Waals surface area contributed by atoms with E-state index in [0.717, 1.165) is 44.5 Å². The molecule has 0 fully saturated rings. The lowest BCUT2D eigenvalue weighted by Gasteiger charge is -2.01. The van der Waals surface area contributed by atoms with E-state index in [0.29, 0.717) is 11.8 Å². The number of benzene rings is 3. The lowest BCUT2D eigenvalue weighted by atomic mass is 10.1. The molecule has 0 bridgehead atoms. The van der Waals surface area contributed by atoms with Crippen LogP contribution in [0.15, 0.2) is 69.5 Å². The summed E-state index contributed by atoms with van der Waals surface area (Å²) in [5, 5.41) is 0. The van der Waals surface area contributed by atoms with Crippen molar-refractivity contribution in [3.05, 3.63) is 71.8 Å². The summed E-state index contributed by atoms with van der Waals surface area (Å²) in [6.07, 6.45) is 0. The third-order valence-electron chi connectivity index (χ3n) is 4.48. The van der Waals surface area contributed by atoms with E-state index in [2.05, 4.69) is 9.97 Å². The first-order valence-corrected chi connectivity index (χ1v) is 8.51. The highest BCUT2D eigenvalue weighted by Crippen LogP contribution is 2.34. The van der Waals surface area contributed by atoms with E-state index < -0.39 is 0 Å². The summed E-state index contributed by atoms with van der Waals surface area (Å²) >= 11 is 0. The smallest absolute Gasteiger partial charge is 0.228 e. The van der Waals surface area contributed by atoms with Gasteiger partial charge in [0.15, 0.2) is 11.2 Å². The van der Waals surface area contributed by atoms with Gasteiger partial charge >= 0.3 is 0 Å². The maximum absolute atomic E-state index is 6.01. The number of fused-ring (bicyclic) bond motifs is 2. The molecule has 0 amide bonds. The van der Waals surface area contributed by atoms with Gasteiger partial charge in [0.1, 0.15) is 11.0 Å². The highest BCUT2D eigenvalue weighted by Gasteiger charge is 2.17. The zero-order chi connectivity index (χ0) is 17.7. The monoisotopic (exact) mass is 340 g/mol. The molecular weight excluding hydrogens is 324 g/mol. The van der Waals surface area contributed by atoms with Crippen molar-refractivity contribution >= 4 is 22.2 Å². The number of aromatic nitrogens is 2. The third-order valence-corrected chi connectivity index (χ3v) is 4.48. The summed E-state index contributed by atoms with van der Waals surface area (Å²) in [5.41, 5.74) is 7.26. The van der Waals surface area contributed by atoms with Crippen molar-refractivity contribution in [2.75, 3.05) is 0 Å². The van der Waals surface area contributed by atoms with Crippen LogP contribution in [-0.2, 0) is 0 Å². The largest absolute Gasteiger partial charge is 0.436 e. The molecule has 0 N–H and O–H groups in total. The van der Waals surface area contributed by atoms with Crippen LogP contribution in [0.5, 0.6) is 0 Å². The quantitative estimate of drug-likeness (QED) is 0.400. The van der Waals surface area contributed by atoms with Gasteiger partial charge in [-0.2, -0.15) is 0 Å². The number of nitrogens with zero attached hydrogens (tertiary/aromatic N) is 2. The molecule has 0 aliphatic rings. The molecule has 0 unspecified atom stereocenters. The number of hydrogen-bond donors (Lipinski definition) is 0. The molecular formula is C22H16N2O2. The summed E-state index contributed by atoms with van der Waals surface area (Å²) in [4.78, 5) is 9.28. The van der Waals surface area contributed by atoms with E-state index in [1.807, 2.05) is 74.5 Å². The summed E-state index contributed by atoms with van der Waals surface area (Å²) < 4.78 is 12.0. The third kappa shape index (κ3) is 2.39. The van der Waals surface area contributed by atoms with E-state index in [1.165, 1.54) is 0 Å². The Labute approximate surface area is 150 Å². The maximum atomic E-state index is 6.01. The molecule has 2 heterocycles. The number of rotatable bonds is 2. The van der Waals surface area contributed by atoms with Crippen LogP contribution < -0.4 is 0 Å². The fourth-order valence-electron chi connectivity index (χ4n) is 3.15. The molecule has 0 saturated heterocycles. The van der Waals surface area contributed by atoms with Gasteiger partial charge in [0.05, 0.1) is 0 Å². The van der Waals surface area contributed by atoms with Crippen LogP contribution in [0.3, 0.4) is 0 Å². The van der Waals surface area contributed by atoms with Crippen LogP contribution in [0.25, 0.3) is 45.1 Å². The van der Waals surface area contributed by atoms with E-state index >= 15 is 0 Å². The number of aryl methyl sites for hydroxylation is 2. The van der Waals surface area contributed by atoms with Crippen LogP contribution in [0.4, 0.5) is 0 Å². The van der Waals surface area contributed by atoms with Crippen LogP contribution in [0.1, 0.15) is 11.1 Å². The molecule has 5 aromatic rings. The number of oxazole rings is 2. The summed E-state index contributed by atoms with van der Waals surface area (Å²) in [5.74, 6) is 1.14. The fraction of sp³-hybridized carbons (Fsp3) is 0.0909. The Balaban J connectivity index is 1.70. The Morgan fingerprint density at radius 2 is 1.08 bits per heavy atom. The first-order valence-electron chi connectivity index (χ1n) is 8.51. The second kappa shape index (κ2) is 5.56. The molecule has 0 saturated carbocycles. The SMILES string of the molecule is Cc1ccc2nc(-c3ccccc3-c3nc4ccc(C)cc4o3)oc2c1. The van der Waals surface area contributed by atoms with Crippen molar-refractivity contribution < 1.29 is 8.83 Å². The van der Waals surface area contributed by atoms with Gasteiger partial charge in [0.2, 0.25) is 11.8 Å². The van der Waals surface area contributed by atoms with Gasteiger partial charge < -0.3 is 8.83 Å². The lowest BCUT2D eigenvalue weighted by molar-refractivity contribution is 0.611. The Bertz CT molecular complexity index is 1160. The molecule has 5 rings (SSSR count). The minimum absolute atomic E-state index is 0.569. The minimum Gasteiger partial charge on any atom is -0.436 e. The normalized spacial score (nSPS) is 11.5. The standard InChI is InChI=1S/C22H16N2O2/c1-13-7-9-17-19(11-13)25-21(23-17)15-5-3-4-6-16(15)22-24-18-10-8-14(2)12-20(18)26-22/h3-12H,1-2H3. The number of hydrogen-bond acceptors (Lipinski definition) is 4. The van der Waals surface area contributed by atoms with Gasteiger partial charge in [-0.25, -0.2) is 9.97 Å². The Morgan fingerprint density at radius 1 is 0.615 bits per heavy atom. The van der Waals surface area contributed by atoms with Crippen molar-refractivity contribution in [3.63, 3.8) is 0 Å². The van der Waals surface area contributed by atoms with E-state index in [1.54, 1.807) is 0 Å². The highest BCUT2D eigenvalue weighted by atomic mass is 16.4. The zero-order valence-electron chi connectivity index (χ0n) is 14.5. The van der Waals surface area contributed by atoms with Gasteiger partial charge in [-0.15, -0.1) is 0 Å². The molecule has 26 heavy (non-hydrogen) atoms. The summed E-state index contributed by atoms with van der Waals surface area (Å²) in [6.45, 7) is 4.08. The predicted molar refractivity (Wildman–Crippen MR) is 102 cm³/mol. The minimum atomic E-state index is 0.569. The molecule has 4 heteroatoms. The summed E-state index contributed by atoms with van der Waals surface area (Å²) in [7, 11) is 0. The van der Waals surface area contributed by atoms with Crippen molar-refractivity contribution in [1.82, 2.24) is 9.97 Å². The first-order chi connectivity index (χ1) is 12.7. The zero-order valence-corrected chi connectivity index (χ0v) is 14.5. The van der Waals surface area contributed by atoms with Crippen LogP contribution in [0.2, 0.25) is 0 Å². The van der Waals surface area contributed by atoms with E-state index in [9.17, 15) is 0 Å². The van der Waals surface area contributed by atoms with Gasteiger partial charge in [0, 0.05) is 11.1 Å². The lowest BCUT2D eigenvalue weighted by Crippen LogP contribution is -1.84. The van der Waals surface area contributed by atoms with Crippen molar-refractivity contribution in [3.8, 4) is 22.9 Å². The molecule has 0 atom stereocenters. The average molecular weight is 340 g/mol. The molecule has 3 aromatic carbocycles. The Morgan fingerprint density at radius 3 is 1.54 bits per heavy atom. The van der Waals surface area contributed by atoms with Crippen LogP contribution in [0, 0.1) is 13.8 Å². The average Bonchev–Trinajstić information content (AvgIpc) is 3.24. The summed E-state index contributed by atoms with van der Waals surface area (Å²) in [6, 6.07) is 19.9. The molecule has 4 nitrogen and oxygen atoms in total. The molecule has 0 aliphatic heterocycles. The Kier molecular flexibility index (Phi) is 3.19. The molecule has 0 aliphatic carbocycles. The molecule has 126 valence electrons. The van der Waals surface area contributed by atoms with Gasteiger partial charge in [0.25, 0.3) is 0 Å². The molecule has 2 aromatic heterocycles. The second-order valence-corrected chi connectivity index (χ2v) is 6.53. The van der Waals surface area contributed by atoms with Crippen molar-refractivity contribution in [1.29, 1.82) is 0 Å². The fourth-order valence-corrected chi connectivity index (χ4v) is 3.15. The van der Waals surface area contributed by atoms with Crippen molar-refractivity contribution in [2.45, 2.75) is 13.8 Å². The van der Waals surface area contributed by atoms with Crippen LogP contribution in [-0.4, -0.2) is 9.97 Å². The van der Waals surface area contributed by atoms with E-state index in [4.69, 9.17) is 8.83 Å².